The van der Waals surface area contributed by atoms with Gasteiger partial charge in [0.25, 0.3) is 0 Å². The van der Waals surface area contributed by atoms with Crippen molar-refractivity contribution in [1.82, 2.24) is 5.32 Å². The van der Waals surface area contributed by atoms with Crippen molar-refractivity contribution in [2.75, 3.05) is 0 Å². The Morgan fingerprint density at radius 2 is 2.00 bits per heavy atom. The molecule has 4 aliphatic rings. The maximum atomic E-state index is 12.4. The van der Waals surface area contributed by atoms with Crippen molar-refractivity contribution >= 4 is 22.8 Å². The molecule has 20 heavy (non-hydrogen) atoms. The van der Waals surface area contributed by atoms with E-state index < -0.39 is 0 Å². The Hall–Kier alpha value is -0.510. The first-order valence-electron chi connectivity index (χ1n) is 8.23. The van der Waals surface area contributed by atoms with Crippen molar-refractivity contribution in [2.24, 2.45) is 22.7 Å². The predicted molar refractivity (Wildman–Crippen MR) is 82.8 cm³/mol. The summed E-state index contributed by atoms with van der Waals surface area (Å²) in [6.07, 6.45) is 10.4. The zero-order valence-corrected chi connectivity index (χ0v) is 13.0. The topological polar surface area (TPSA) is 41.5 Å². The molecule has 1 amide bonds. The van der Waals surface area contributed by atoms with Crippen molar-refractivity contribution < 1.29 is 4.79 Å². The first-order valence-corrected chi connectivity index (χ1v) is 9.05. The van der Waals surface area contributed by atoms with Crippen LogP contribution in [0, 0.1) is 17.8 Å². The summed E-state index contributed by atoms with van der Waals surface area (Å²) >= 11 is 1.72. The van der Waals surface area contributed by atoms with Gasteiger partial charge in [0, 0.05) is 0 Å². The Labute approximate surface area is 125 Å². The number of hydrogen-bond acceptors (Lipinski definition) is 3. The summed E-state index contributed by atoms with van der Waals surface area (Å²) in [5.41, 5.74) is 0. The molecule has 0 radical (unpaired) electrons. The summed E-state index contributed by atoms with van der Waals surface area (Å²) in [6, 6.07) is 0.488. The molecule has 1 unspecified atom stereocenters. The molecule has 3 nitrogen and oxygen atoms in total. The highest BCUT2D eigenvalue weighted by molar-refractivity contribution is 8.16. The van der Waals surface area contributed by atoms with E-state index in [0.29, 0.717) is 12.0 Å². The summed E-state index contributed by atoms with van der Waals surface area (Å²) in [5.74, 6) is 2.46. The molecule has 4 atom stereocenters. The number of thioether (sulfide) groups is 1. The molecule has 2 bridgehead atoms. The van der Waals surface area contributed by atoms with Crippen molar-refractivity contribution in [3.63, 3.8) is 0 Å². The van der Waals surface area contributed by atoms with Gasteiger partial charge in [-0.25, -0.2) is 0 Å². The van der Waals surface area contributed by atoms with Crippen LogP contribution in [0.3, 0.4) is 0 Å². The summed E-state index contributed by atoms with van der Waals surface area (Å²) in [5, 5.41) is 4.00. The molecule has 1 aliphatic heterocycles. The number of carbonyl (C=O) groups excluding carboxylic acids is 1. The van der Waals surface area contributed by atoms with Gasteiger partial charge in [0.2, 0.25) is 5.91 Å². The van der Waals surface area contributed by atoms with E-state index in [1.54, 1.807) is 11.8 Å². The molecule has 0 aromatic carbocycles. The van der Waals surface area contributed by atoms with Crippen LogP contribution in [0.15, 0.2) is 4.99 Å². The SMILES string of the molecule is CC1(C2CCCC2)SC(=N[C@H]2C[C@H]3CC[C@H]2C3)NC1=O. The number of aliphatic imine (C=N–C) groups is 1. The third-order valence-electron chi connectivity index (χ3n) is 6.10. The third-order valence-corrected chi connectivity index (χ3v) is 7.44. The van der Waals surface area contributed by atoms with Crippen LogP contribution in [0.1, 0.15) is 58.3 Å². The molecule has 3 aliphatic carbocycles. The molecule has 0 aromatic rings. The monoisotopic (exact) mass is 292 g/mol. The first kappa shape index (κ1) is 13.2. The molecule has 4 fully saturated rings. The Morgan fingerprint density at radius 1 is 1.20 bits per heavy atom. The molecule has 1 heterocycles. The smallest absolute Gasteiger partial charge is 0.242 e. The lowest BCUT2D eigenvalue weighted by molar-refractivity contribution is -0.122. The number of hydrogen-bond donors (Lipinski definition) is 1. The van der Waals surface area contributed by atoms with E-state index in [-0.39, 0.29) is 10.7 Å². The normalized spacial score (nSPS) is 46.5. The Morgan fingerprint density at radius 3 is 2.65 bits per heavy atom. The van der Waals surface area contributed by atoms with E-state index in [4.69, 9.17) is 4.99 Å². The van der Waals surface area contributed by atoms with Crippen LogP contribution in [0.2, 0.25) is 0 Å². The molecule has 0 spiro atoms. The molecule has 4 heteroatoms. The van der Waals surface area contributed by atoms with Gasteiger partial charge < -0.3 is 5.32 Å². The number of amides is 1. The Balaban J connectivity index is 1.50. The lowest BCUT2D eigenvalue weighted by Gasteiger charge is -2.26. The van der Waals surface area contributed by atoms with E-state index in [0.717, 1.165) is 17.0 Å². The fourth-order valence-corrected chi connectivity index (χ4v) is 6.10. The van der Waals surface area contributed by atoms with E-state index >= 15 is 0 Å². The van der Waals surface area contributed by atoms with Crippen LogP contribution in [-0.2, 0) is 4.79 Å². The maximum absolute atomic E-state index is 12.4. The zero-order chi connectivity index (χ0) is 13.7. The fourth-order valence-electron chi connectivity index (χ4n) is 4.82. The minimum atomic E-state index is -0.257. The summed E-state index contributed by atoms with van der Waals surface area (Å²) in [6.45, 7) is 2.13. The summed E-state index contributed by atoms with van der Waals surface area (Å²) < 4.78 is -0.257. The maximum Gasteiger partial charge on any atom is 0.242 e. The average Bonchev–Trinajstić information content (AvgIpc) is 3.16. The van der Waals surface area contributed by atoms with Gasteiger partial charge in [-0.3, -0.25) is 9.79 Å². The Bertz CT molecular complexity index is 457. The molecular weight excluding hydrogens is 268 g/mol. The lowest BCUT2D eigenvalue weighted by atomic mass is 9.91. The molecule has 1 saturated heterocycles. The van der Waals surface area contributed by atoms with Crippen LogP contribution in [0.4, 0.5) is 0 Å². The third kappa shape index (κ3) is 2.02. The van der Waals surface area contributed by atoms with Crippen molar-refractivity contribution in [1.29, 1.82) is 0 Å². The van der Waals surface area contributed by atoms with Gasteiger partial charge in [0.1, 0.15) is 4.75 Å². The van der Waals surface area contributed by atoms with Crippen LogP contribution >= 0.6 is 11.8 Å². The van der Waals surface area contributed by atoms with E-state index in [2.05, 4.69) is 12.2 Å². The van der Waals surface area contributed by atoms with Gasteiger partial charge in [-0.1, -0.05) is 31.0 Å². The molecule has 4 rings (SSSR count). The van der Waals surface area contributed by atoms with Crippen molar-refractivity contribution in [3.8, 4) is 0 Å². The van der Waals surface area contributed by atoms with Crippen LogP contribution in [0.5, 0.6) is 0 Å². The second kappa shape index (κ2) is 4.75. The quantitative estimate of drug-likeness (QED) is 0.848. The van der Waals surface area contributed by atoms with Crippen molar-refractivity contribution in [2.45, 2.75) is 69.1 Å². The number of nitrogens with zero attached hydrogens (tertiary/aromatic N) is 1. The minimum Gasteiger partial charge on any atom is -0.304 e. The van der Waals surface area contributed by atoms with Gasteiger partial charge in [0.15, 0.2) is 5.17 Å². The Kier molecular flexibility index (Phi) is 3.13. The van der Waals surface area contributed by atoms with Crippen LogP contribution in [0.25, 0.3) is 0 Å². The molecular formula is C16H24N2OS. The zero-order valence-electron chi connectivity index (χ0n) is 12.2. The van der Waals surface area contributed by atoms with Gasteiger partial charge in [-0.15, -0.1) is 0 Å². The van der Waals surface area contributed by atoms with Crippen molar-refractivity contribution in [3.05, 3.63) is 0 Å². The highest BCUT2D eigenvalue weighted by Crippen LogP contribution is 2.48. The standard InChI is InChI=1S/C16H24N2OS/c1-16(12-4-2-3-5-12)14(19)18-15(20-16)17-13-9-10-6-7-11(13)8-10/h10-13H,2-9H2,1H3,(H,17,18,19)/t10-,11-,13-,16?/m0/s1. The summed E-state index contributed by atoms with van der Waals surface area (Å²) in [7, 11) is 0. The minimum absolute atomic E-state index is 0.205. The van der Waals surface area contributed by atoms with Gasteiger partial charge >= 0.3 is 0 Å². The highest BCUT2D eigenvalue weighted by Gasteiger charge is 2.49. The van der Waals surface area contributed by atoms with Crippen LogP contribution in [-0.4, -0.2) is 21.9 Å². The number of rotatable bonds is 2. The largest absolute Gasteiger partial charge is 0.304 e. The van der Waals surface area contributed by atoms with E-state index in [1.807, 2.05) is 0 Å². The average molecular weight is 292 g/mol. The van der Waals surface area contributed by atoms with Gasteiger partial charge in [0.05, 0.1) is 6.04 Å². The molecule has 3 saturated carbocycles. The highest BCUT2D eigenvalue weighted by atomic mass is 32.2. The predicted octanol–water partition coefficient (Wildman–Crippen LogP) is 3.34. The number of amidine groups is 1. The van der Waals surface area contributed by atoms with E-state index in [1.165, 1.54) is 51.4 Å². The summed E-state index contributed by atoms with van der Waals surface area (Å²) in [4.78, 5) is 17.3. The van der Waals surface area contributed by atoms with E-state index in [9.17, 15) is 4.79 Å². The molecule has 0 aromatic heterocycles. The molecule has 1 N–H and O–H groups in total. The second-order valence-corrected chi connectivity index (χ2v) is 8.76. The van der Waals surface area contributed by atoms with Gasteiger partial charge in [-0.2, -0.15) is 0 Å². The second-order valence-electron chi connectivity index (χ2n) is 7.32. The number of carbonyl (C=O) groups is 1. The first-order chi connectivity index (χ1) is 9.65. The fraction of sp³-hybridized carbons (Fsp3) is 0.875. The van der Waals surface area contributed by atoms with Gasteiger partial charge in [-0.05, 0) is 56.8 Å². The number of fused-ring (bicyclic) bond motifs is 2. The molecule has 110 valence electrons. The number of nitrogens with one attached hydrogen (secondary N) is 1. The van der Waals surface area contributed by atoms with Crippen LogP contribution < -0.4 is 5.32 Å². The lowest BCUT2D eigenvalue weighted by Crippen LogP contribution is -2.39.